The lowest BCUT2D eigenvalue weighted by atomic mass is 10.3. The molecule has 0 saturated carbocycles. The first-order valence-corrected chi connectivity index (χ1v) is 5.06. The summed E-state index contributed by atoms with van der Waals surface area (Å²) in [7, 11) is 0. The van der Waals surface area contributed by atoms with Crippen molar-refractivity contribution in [2.75, 3.05) is 0 Å². The van der Waals surface area contributed by atoms with Gasteiger partial charge in [-0.25, -0.2) is 4.98 Å². The minimum absolute atomic E-state index is 0.419. The van der Waals surface area contributed by atoms with Crippen molar-refractivity contribution < 1.29 is 4.74 Å². The zero-order valence-electron chi connectivity index (χ0n) is 8.84. The summed E-state index contributed by atoms with van der Waals surface area (Å²) < 4.78 is 5.51. The summed E-state index contributed by atoms with van der Waals surface area (Å²) in [6, 6.07) is 9.41. The van der Waals surface area contributed by atoms with Crippen LogP contribution in [0.2, 0.25) is 0 Å². The van der Waals surface area contributed by atoms with Crippen molar-refractivity contribution in [3.8, 4) is 5.88 Å². The molecule has 0 amide bonds. The molecule has 0 aliphatic carbocycles. The van der Waals surface area contributed by atoms with E-state index in [4.69, 9.17) is 10.5 Å². The van der Waals surface area contributed by atoms with Crippen molar-refractivity contribution in [1.29, 1.82) is 0 Å². The van der Waals surface area contributed by atoms with Crippen LogP contribution in [0.5, 0.6) is 5.88 Å². The smallest absolute Gasteiger partial charge is 0.213 e. The van der Waals surface area contributed by atoms with E-state index in [0.29, 0.717) is 19.0 Å². The first-order valence-electron chi connectivity index (χ1n) is 5.06. The quantitative estimate of drug-likeness (QED) is 0.839. The van der Waals surface area contributed by atoms with E-state index in [0.717, 1.165) is 11.3 Å². The monoisotopic (exact) mass is 215 g/mol. The highest BCUT2D eigenvalue weighted by atomic mass is 16.5. The highest BCUT2D eigenvalue weighted by Gasteiger charge is 1.98. The molecule has 82 valence electrons. The zero-order chi connectivity index (χ0) is 11.2. The summed E-state index contributed by atoms with van der Waals surface area (Å²) in [5.41, 5.74) is 7.41. The normalized spacial score (nSPS) is 10.1. The van der Waals surface area contributed by atoms with Crippen molar-refractivity contribution in [3.63, 3.8) is 0 Å². The van der Waals surface area contributed by atoms with Crippen molar-refractivity contribution >= 4 is 0 Å². The van der Waals surface area contributed by atoms with Gasteiger partial charge in [0.05, 0.1) is 5.69 Å². The molecule has 2 rings (SSSR count). The van der Waals surface area contributed by atoms with Crippen LogP contribution in [0.1, 0.15) is 11.3 Å². The van der Waals surface area contributed by atoms with Crippen LogP contribution in [0.15, 0.2) is 42.7 Å². The van der Waals surface area contributed by atoms with E-state index >= 15 is 0 Å². The molecule has 2 aromatic rings. The molecule has 4 nitrogen and oxygen atoms in total. The number of hydrogen-bond donors (Lipinski definition) is 1. The number of nitrogens with zero attached hydrogens (tertiary/aromatic N) is 2. The number of nitrogens with two attached hydrogens (primary N) is 1. The van der Waals surface area contributed by atoms with Gasteiger partial charge in [-0.05, 0) is 23.8 Å². The Morgan fingerprint density at radius 2 is 2.06 bits per heavy atom. The van der Waals surface area contributed by atoms with Crippen LogP contribution in [0.4, 0.5) is 0 Å². The second kappa shape index (κ2) is 5.23. The van der Waals surface area contributed by atoms with Crippen molar-refractivity contribution in [2.45, 2.75) is 13.2 Å². The van der Waals surface area contributed by atoms with Gasteiger partial charge in [-0.2, -0.15) is 0 Å². The predicted molar refractivity (Wildman–Crippen MR) is 60.7 cm³/mol. The zero-order valence-corrected chi connectivity index (χ0v) is 8.84. The molecule has 0 fully saturated rings. The molecule has 0 aliphatic rings. The number of rotatable bonds is 4. The molecule has 0 atom stereocenters. The van der Waals surface area contributed by atoms with Crippen molar-refractivity contribution in [2.24, 2.45) is 5.73 Å². The standard InChI is InChI=1S/C12H13N3O/c13-8-10-4-6-15-12(7-10)16-9-11-3-1-2-5-14-11/h1-7H,8-9,13H2. The van der Waals surface area contributed by atoms with Gasteiger partial charge in [0.15, 0.2) is 0 Å². The highest BCUT2D eigenvalue weighted by molar-refractivity contribution is 5.20. The van der Waals surface area contributed by atoms with Gasteiger partial charge in [0, 0.05) is 25.0 Å². The summed E-state index contributed by atoms with van der Waals surface area (Å²) in [6.07, 6.45) is 3.43. The second-order valence-corrected chi connectivity index (χ2v) is 3.32. The number of ether oxygens (including phenoxy) is 1. The lowest BCUT2D eigenvalue weighted by Gasteiger charge is -2.05. The van der Waals surface area contributed by atoms with E-state index in [-0.39, 0.29) is 0 Å². The molecule has 0 spiro atoms. The van der Waals surface area contributed by atoms with Gasteiger partial charge >= 0.3 is 0 Å². The Labute approximate surface area is 94.1 Å². The molecule has 4 heteroatoms. The average molecular weight is 215 g/mol. The Morgan fingerprint density at radius 1 is 1.12 bits per heavy atom. The van der Waals surface area contributed by atoms with Gasteiger partial charge in [-0.15, -0.1) is 0 Å². The number of aromatic nitrogens is 2. The third-order valence-corrected chi connectivity index (χ3v) is 2.13. The molecule has 0 aliphatic heterocycles. The molecule has 0 radical (unpaired) electrons. The Kier molecular flexibility index (Phi) is 3.46. The molecule has 2 heterocycles. The Morgan fingerprint density at radius 3 is 2.81 bits per heavy atom. The van der Waals surface area contributed by atoms with Gasteiger partial charge < -0.3 is 10.5 Å². The fraction of sp³-hybridized carbons (Fsp3) is 0.167. The van der Waals surface area contributed by atoms with Crippen LogP contribution in [-0.2, 0) is 13.2 Å². The minimum Gasteiger partial charge on any atom is -0.471 e. The maximum Gasteiger partial charge on any atom is 0.213 e. The van der Waals surface area contributed by atoms with E-state index in [2.05, 4.69) is 9.97 Å². The van der Waals surface area contributed by atoms with Gasteiger partial charge in [-0.1, -0.05) is 6.07 Å². The first kappa shape index (κ1) is 10.6. The van der Waals surface area contributed by atoms with Crippen LogP contribution < -0.4 is 10.5 Å². The molecule has 2 N–H and O–H groups in total. The molecule has 16 heavy (non-hydrogen) atoms. The fourth-order valence-electron chi connectivity index (χ4n) is 1.29. The van der Waals surface area contributed by atoms with E-state index in [1.807, 2.05) is 30.3 Å². The van der Waals surface area contributed by atoms with Crippen molar-refractivity contribution in [1.82, 2.24) is 9.97 Å². The maximum absolute atomic E-state index is 5.53. The second-order valence-electron chi connectivity index (χ2n) is 3.32. The third kappa shape index (κ3) is 2.77. The summed E-state index contributed by atoms with van der Waals surface area (Å²) >= 11 is 0. The van der Waals surface area contributed by atoms with Crippen LogP contribution >= 0.6 is 0 Å². The summed E-state index contributed by atoms with van der Waals surface area (Å²) in [5, 5.41) is 0. The number of hydrogen-bond acceptors (Lipinski definition) is 4. The Balaban J connectivity index is 1.99. The topological polar surface area (TPSA) is 61.0 Å². The van der Waals surface area contributed by atoms with Gasteiger partial charge in [0.1, 0.15) is 6.61 Å². The largest absolute Gasteiger partial charge is 0.471 e. The molecule has 0 saturated heterocycles. The van der Waals surface area contributed by atoms with Crippen LogP contribution in [-0.4, -0.2) is 9.97 Å². The molecule has 0 unspecified atom stereocenters. The maximum atomic E-state index is 5.53. The first-order chi connectivity index (χ1) is 7.88. The molecule has 2 aromatic heterocycles. The van der Waals surface area contributed by atoms with Crippen LogP contribution in [0.25, 0.3) is 0 Å². The number of pyridine rings is 2. The van der Waals surface area contributed by atoms with Gasteiger partial charge in [0.25, 0.3) is 0 Å². The van der Waals surface area contributed by atoms with E-state index in [1.165, 1.54) is 0 Å². The lowest BCUT2D eigenvalue weighted by Crippen LogP contribution is -2.01. The lowest BCUT2D eigenvalue weighted by molar-refractivity contribution is 0.289. The average Bonchev–Trinajstić information content (AvgIpc) is 2.38. The van der Waals surface area contributed by atoms with Crippen molar-refractivity contribution in [3.05, 3.63) is 54.0 Å². The highest BCUT2D eigenvalue weighted by Crippen LogP contribution is 2.10. The molecular weight excluding hydrogens is 202 g/mol. The van der Waals surface area contributed by atoms with Gasteiger partial charge in [-0.3, -0.25) is 4.98 Å². The van der Waals surface area contributed by atoms with Crippen LogP contribution in [0.3, 0.4) is 0 Å². The van der Waals surface area contributed by atoms with E-state index in [9.17, 15) is 0 Å². The summed E-state index contributed by atoms with van der Waals surface area (Å²) in [6.45, 7) is 0.907. The minimum atomic E-state index is 0.419. The van der Waals surface area contributed by atoms with E-state index in [1.54, 1.807) is 12.4 Å². The fourth-order valence-corrected chi connectivity index (χ4v) is 1.29. The summed E-state index contributed by atoms with van der Waals surface area (Å²) in [5.74, 6) is 0.577. The Bertz CT molecular complexity index is 445. The van der Waals surface area contributed by atoms with E-state index < -0.39 is 0 Å². The SMILES string of the molecule is NCc1ccnc(OCc2ccccn2)c1. The molecule has 0 aromatic carbocycles. The Hall–Kier alpha value is -1.94. The summed E-state index contributed by atoms with van der Waals surface area (Å²) in [4.78, 5) is 8.26. The third-order valence-electron chi connectivity index (χ3n) is 2.13. The van der Waals surface area contributed by atoms with Crippen LogP contribution in [0, 0.1) is 0 Å². The van der Waals surface area contributed by atoms with Gasteiger partial charge in [0.2, 0.25) is 5.88 Å². The molecule has 0 bridgehead atoms. The molecular formula is C12H13N3O. The predicted octanol–water partition coefficient (Wildman–Crippen LogP) is 1.51.